The number of hydrogen-bond donors (Lipinski definition) is 2. The Morgan fingerprint density at radius 2 is 2.11 bits per heavy atom. The molecule has 2 amide bonds. The zero-order valence-electron chi connectivity index (χ0n) is 11.7. The third kappa shape index (κ3) is 3.83. The van der Waals surface area contributed by atoms with Crippen LogP contribution in [-0.4, -0.2) is 67.7 Å². The molecule has 5 heteroatoms. The monoisotopic (exact) mass is 266 g/mol. The summed E-state index contributed by atoms with van der Waals surface area (Å²) in [7, 11) is 0. The van der Waals surface area contributed by atoms with Crippen LogP contribution in [0.3, 0.4) is 0 Å². The number of likely N-dealkylation sites (tertiary alicyclic amines) is 1. The second kappa shape index (κ2) is 6.09. The first-order valence-corrected chi connectivity index (χ1v) is 7.80. The number of amides is 2. The summed E-state index contributed by atoms with van der Waals surface area (Å²) < 4.78 is 0. The van der Waals surface area contributed by atoms with Crippen LogP contribution in [0.4, 0.5) is 4.79 Å². The van der Waals surface area contributed by atoms with Crippen molar-refractivity contribution in [3.05, 3.63) is 0 Å². The highest BCUT2D eigenvalue weighted by molar-refractivity contribution is 5.76. The fraction of sp³-hybridized carbons (Fsp3) is 0.929. The maximum atomic E-state index is 11.5. The number of nitrogens with zero attached hydrogens (tertiary/aromatic N) is 2. The minimum atomic E-state index is 0.115. The molecular formula is C14H26N4O. The van der Waals surface area contributed by atoms with E-state index in [0.29, 0.717) is 0 Å². The van der Waals surface area contributed by atoms with Gasteiger partial charge in [-0.15, -0.1) is 0 Å². The number of nitrogens with one attached hydrogen (secondary N) is 2. The first kappa shape index (κ1) is 13.2. The quantitative estimate of drug-likeness (QED) is 0.735. The van der Waals surface area contributed by atoms with Gasteiger partial charge in [-0.2, -0.15) is 0 Å². The molecule has 5 nitrogen and oxygen atoms in total. The Morgan fingerprint density at radius 1 is 1.21 bits per heavy atom. The molecule has 0 aromatic carbocycles. The van der Waals surface area contributed by atoms with Gasteiger partial charge in [0.15, 0.2) is 0 Å². The summed E-state index contributed by atoms with van der Waals surface area (Å²) in [6.45, 7) is 7.20. The Bertz CT molecular complexity index is 319. The van der Waals surface area contributed by atoms with E-state index in [2.05, 4.69) is 15.5 Å². The van der Waals surface area contributed by atoms with E-state index in [1.165, 1.54) is 45.3 Å². The molecule has 1 unspecified atom stereocenters. The molecule has 0 aromatic rings. The molecule has 108 valence electrons. The fourth-order valence-electron chi connectivity index (χ4n) is 3.13. The maximum absolute atomic E-state index is 11.5. The Hall–Kier alpha value is -0.810. The van der Waals surface area contributed by atoms with Crippen molar-refractivity contribution in [2.75, 3.05) is 45.8 Å². The average Bonchev–Trinajstić information content (AvgIpc) is 3.17. The molecule has 2 N–H and O–H groups in total. The molecule has 2 aliphatic heterocycles. The van der Waals surface area contributed by atoms with Crippen LogP contribution in [0.1, 0.15) is 25.7 Å². The van der Waals surface area contributed by atoms with E-state index in [0.717, 1.165) is 38.1 Å². The summed E-state index contributed by atoms with van der Waals surface area (Å²) in [5.41, 5.74) is 0. The summed E-state index contributed by atoms with van der Waals surface area (Å²) in [6, 6.07) is 0.938. The third-order valence-electron chi connectivity index (χ3n) is 4.51. The second-order valence-corrected chi connectivity index (χ2v) is 6.21. The summed E-state index contributed by atoms with van der Waals surface area (Å²) in [4.78, 5) is 16.0. The van der Waals surface area contributed by atoms with Gasteiger partial charge in [0, 0.05) is 38.8 Å². The Kier molecular flexibility index (Phi) is 4.23. The van der Waals surface area contributed by atoms with Gasteiger partial charge in [-0.1, -0.05) is 0 Å². The first-order valence-electron chi connectivity index (χ1n) is 7.80. The first-order chi connectivity index (χ1) is 9.31. The van der Waals surface area contributed by atoms with Crippen molar-refractivity contribution in [3.8, 4) is 0 Å². The molecule has 3 rings (SSSR count). The maximum Gasteiger partial charge on any atom is 0.317 e. The van der Waals surface area contributed by atoms with E-state index in [9.17, 15) is 4.79 Å². The van der Waals surface area contributed by atoms with Gasteiger partial charge in [0.1, 0.15) is 0 Å². The summed E-state index contributed by atoms with van der Waals surface area (Å²) in [5.74, 6) is 0.807. The Morgan fingerprint density at radius 3 is 2.84 bits per heavy atom. The van der Waals surface area contributed by atoms with Crippen molar-refractivity contribution >= 4 is 6.03 Å². The van der Waals surface area contributed by atoms with Gasteiger partial charge in [0.05, 0.1) is 0 Å². The van der Waals surface area contributed by atoms with Crippen LogP contribution in [0.5, 0.6) is 0 Å². The van der Waals surface area contributed by atoms with Crippen LogP contribution >= 0.6 is 0 Å². The van der Waals surface area contributed by atoms with Crippen LogP contribution in [-0.2, 0) is 0 Å². The van der Waals surface area contributed by atoms with Crippen LogP contribution < -0.4 is 10.6 Å². The molecule has 0 bridgehead atoms. The van der Waals surface area contributed by atoms with Crippen LogP contribution in [0, 0.1) is 5.92 Å². The Balaban J connectivity index is 1.36. The third-order valence-corrected chi connectivity index (χ3v) is 4.51. The summed E-state index contributed by atoms with van der Waals surface area (Å²) in [6.07, 6.45) is 5.42. The molecule has 1 saturated carbocycles. The van der Waals surface area contributed by atoms with Crippen molar-refractivity contribution in [2.45, 2.75) is 31.7 Å². The fourth-order valence-corrected chi connectivity index (χ4v) is 3.13. The normalized spacial score (nSPS) is 28.7. The van der Waals surface area contributed by atoms with Gasteiger partial charge in [-0.05, 0) is 44.7 Å². The molecule has 19 heavy (non-hydrogen) atoms. The highest BCUT2D eigenvalue weighted by Gasteiger charge is 2.25. The predicted octanol–water partition coefficient (Wildman–Crippen LogP) is 0.476. The van der Waals surface area contributed by atoms with Crippen molar-refractivity contribution in [2.24, 2.45) is 5.92 Å². The molecule has 1 atom stereocenters. The molecule has 2 saturated heterocycles. The molecule has 0 spiro atoms. The van der Waals surface area contributed by atoms with Crippen molar-refractivity contribution in [1.82, 2.24) is 20.4 Å². The number of carbonyl (C=O) groups excluding carboxylic acids is 1. The lowest BCUT2D eigenvalue weighted by atomic mass is 9.98. The number of rotatable bonds is 6. The van der Waals surface area contributed by atoms with Gasteiger partial charge in [-0.25, -0.2) is 4.79 Å². The number of urea groups is 1. The number of hydrogen-bond acceptors (Lipinski definition) is 3. The van der Waals surface area contributed by atoms with Crippen molar-refractivity contribution < 1.29 is 4.79 Å². The van der Waals surface area contributed by atoms with E-state index in [1.807, 2.05) is 4.90 Å². The molecule has 2 heterocycles. The zero-order chi connectivity index (χ0) is 13.1. The van der Waals surface area contributed by atoms with Crippen molar-refractivity contribution in [1.29, 1.82) is 0 Å². The molecule has 0 radical (unpaired) electrons. The minimum Gasteiger partial charge on any atom is -0.336 e. The lowest BCUT2D eigenvalue weighted by Gasteiger charge is -2.33. The highest BCUT2D eigenvalue weighted by atomic mass is 16.2. The van der Waals surface area contributed by atoms with Crippen LogP contribution in [0.15, 0.2) is 0 Å². The molecule has 3 aliphatic rings. The van der Waals surface area contributed by atoms with Crippen LogP contribution in [0.25, 0.3) is 0 Å². The summed E-state index contributed by atoms with van der Waals surface area (Å²) in [5, 5.41) is 6.51. The average molecular weight is 266 g/mol. The van der Waals surface area contributed by atoms with Gasteiger partial charge in [-0.3, -0.25) is 0 Å². The van der Waals surface area contributed by atoms with Gasteiger partial charge in [0.2, 0.25) is 0 Å². The van der Waals surface area contributed by atoms with E-state index < -0.39 is 0 Å². The van der Waals surface area contributed by atoms with E-state index in [-0.39, 0.29) is 6.03 Å². The topological polar surface area (TPSA) is 47.6 Å². The Labute approximate surface area is 115 Å². The van der Waals surface area contributed by atoms with Gasteiger partial charge < -0.3 is 20.4 Å². The number of piperidine rings is 1. The second-order valence-electron chi connectivity index (χ2n) is 6.21. The van der Waals surface area contributed by atoms with Gasteiger partial charge in [0.25, 0.3) is 0 Å². The predicted molar refractivity (Wildman–Crippen MR) is 75.2 cm³/mol. The lowest BCUT2D eigenvalue weighted by molar-refractivity contribution is 0.155. The lowest BCUT2D eigenvalue weighted by Crippen LogP contribution is -2.43. The minimum absolute atomic E-state index is 0.115. The molecular weight excluding hydrogens is 240 g/mol. The highest BCUT2D eigenvalue weighted by Crippen LogP contribution is 2.21. The molecule has 1 aliphatic carbocycles. The van der Waals surface area contributed by atoms with Gasteiger partial charge >= 0.3 is 6.03 Å². The van der Waals surface area contributed by atoms with E-state index in [4.69, 9.17) is 0 Å². The molecule has 3 fully saturated rings. The number of carbonyl (C=O) groups is 1. The largest absolute Gasteiger partial charge is 0.336 e. The molecule has 0 aromatic heterocycles. The zero-order valence-corrected chi connectivity index (χ0v) is 11.7. The standard InChI is InChI=1S/C14H26N4O/c19-14-15-5-7-18(14)9-8-17-6-1-2-12(11-17)10-16-13-3-4-13/h12-13,16H,1-11H2,(H,15,19). The van der Waals surface area contributed by atoms with E-state index >= 15 is 0 Å². The summed E-state index contributed by atoms with van der Waals surface area (Å²) >= 11 is 0. The smallest absolute Gasteiger partial charge is 0.317 e. The van der Waals surface area contributed by atoms with E-state index in [1.54, 1.807) is 0 Å². The SMILES string of the molecule is O=C1NCCN1CCN1CCCC(CNC2CC2)C1. The van der Waals surface area contributed by atoms with Crippen LogP contribution in [0.2, 0.25) is 0 Å². The van der Waals surface area contributed by atoms with Crippen molar-refractivity contribution in [3.63, 3.8) is 0 Å².